The van der Waals surface area contributed by atoms with Crippen LogP contribution in [0.25, 0.3) is 33.3 Å². The maximum atomic E-state index is 5.82. The summed E-state index contributed by atoms with van der Waals surface area (Å²) in [6.45, 7) is 41.4. The molecule has 3 unspecified atom stereocenters. The van der Waals surface area contributed by atoms with Crippen molar-refractivity contribution >= 4 is 23.0 Å². The van der Waals surface area contributed by atoms with Gasteiger partial charge >= 0.3 is 0 Å². The number of terminal acetylenes is 1. The number of aromatic nitrogens is 2. The standard InChI is InChI=1S/C56H80N8S/c1-14-19-27-56(12,13)37-50-49-36-45(24-25-53(49)62(18-5)55(50)48-23-22-28-57-51(48)15-2)47-33-40(8)32-44(34-47)35-52(43(11)64-30-21-20-29-58-64)60-41(9)54(39(6)7)63-31-26-46(42(63)10)38-61(17-4)65-59-16-3/h1,22-25,28,32-34,36,39,46,52,54,58-60H,9-11,15-21,26-27,29-31,35,37-38H2,2-8,12-13H3. The maximum Gasteiger partial charge on any atom is 0.0707 e. The number of hydrazine groups is 1. The highest BCUT2D eigenvalue weighted by atomic mass is 32.2. The van der Waals surface area contributed by atoms with Gasteiger partial charge in [0.25, 0.3) is 0 Å². The van der Waals surface area contributed by atoms with Crippen LogP contribution in [0.2, 0.25) is 0 Å². The number of rotatable bonds is 23. The van der Waals surface area contributed by atoms with Gasteiger partial charge < -0.3 is 19.8 Å². The molecule has 65 heavy (non-hydrogen) atoms. The van der Waals surface area contributed by atoms with Crippen LogP contribution < -0.4 is 15.5 Å². The number of likely N-dealkylation sites (tertiary alicyclic amines) is 1. The minimum absolute atomic E-state index is 0.0202. The van der Waals surface area contributed by atoms with E-state index in [4.69, 9.17) is 31.1 Å². The first-order valence-electron chi connectivity index (χ1n) is 24.6. The number of nitrogens with one attached hydrogen (secondary N) is 3. The first-order valence-corrected chi connectivity index (χ1v) is 25.4. The zero-order valence-corrected chi connectivity index (χ0v) is 42.3. The highest BCUT2D eigenvalue weighted by Crippen LogP contribution is 2.42. The maximum absolute atomic E-state index is 5.82. The highest BCUT2D eigenvalue weighted by molar-refractivity contribution is 7.95. The molecule has 2 aromatic carbocycles. The van der Waals surface area contributed by atoms with E-state index in [1.165, 1.54) is 62.1 Å². The molecule has 6 rings (SSSR count). The molecule has 2 aliphatic rings. The predicted octanol–water partition coefficient (Wildman–Crippen LogP) is 11.7. The van der Waals surface area contributed by atoms with E-state index < -0.39 is 0 Å². The second kappa shape index (κ2) is 22.8. The summed E-state index contributed by atoms with van der Waals surface area (Å²) in [6, 6.07) is 18.6. The molecule has 3 N–H and O–H groups in total. The van der Waals surface area contributed by atoms with Crippen molar-refractivity contribution in [1.82, 2.24) is 39.2 Å². The van der Waals surface area contributed by atoms with Gasteiger partial charge in [-0.15, -0.1) is 12.3 Å². The summed E-state index contributed by atoms with van der Waals surface area (Å²) >= 11 is 1.73. The van der Waals surface area contributed by atoms with Gasteiger partial charge in [0, 0.05) is 116 Å². The molecule has 2 aliphatic heterocycles. The molecule has 2 fully saturated rings. The molecule has 3 atom stereocenters. The minimum Gasteiger partial charge on any atom is -0.378 e. The minimum atomic E-state index is -0.0597. The molecule has 0 aliphatic carbocycles. The molecule has 4 heterocycles. The summed E-state index contributed by atoms with van der Waals surface area (Å²) in [4.78, 5) is 7.40. The Morgan fingerprint density at radius 2 is 1.86 bits per heavy atom. The third kappa shape index (κ3) is 11.9. The number of hydrogen-bond acceptors (Lipinski definition) is 8. The van der Waals surface area contributed by atoms with E-state index in [1.807, 2.05) is 6.20 Å². The van der Waals surface area contributed by atoms with Crippen molar-refractivity contribution in [2.24, 2.45) is 17.3 Å². The van der Waals surface area contributed by atoms with Crippen molar-refractivity contribution in [3.63, 3.8) is 0 Å². The van der Waals surface area contributed by atoms with Crippen LogP contribution in [0.4, 0.5) is 0 Å². The van der Waals surface area contributed by atoms with Crippen LogP contribution in [0, 0.1) is 36.5 Å². The summed E-state index contributed by atoms with van der Waals surface area (Å²) in [5.74, 6) is 3.67. The van der Waals surface area contributed by atoms with E-state index in [0.29, 0.717) is 11.8 Å². The van der Waals surface area contributed by atoms with Crippen LogP contribution in [0.15, 0.2) is 91.6 Å². The molecule has 4 aromatic rings. The fourth-order valence-corrected chi connectivity index (χ4v) is 11.0. The van der Waals surface area contributed by atoms with Gasteiger partial charge in [-0.25, -0.2) is 9.73 Å². The third-order valence-electron chi connectivity index (χ3n) is 13.7. The predicted molar refractivity (Wildman–Crippen MR) is 280 cm³/mol. The monoisotopic (exact) mass is 897 g/mol. The fourth-order valence-electron chi connectivity index (χ4n) is 10.3. The van der Waals surface area contributed by atoms with Crippen LogP contribution in [0.3, 0.4) is 0 Å². The van der Waals surface area contributed by atoms with E-state index in [1.54, 1.807) is 12.1 Å². The Morgan fingerprint density at radius 3 is 2.54 bits per heavy atom. The smallest absolute Gasteiger partial charge is 0.0707 e. The van der Waals surface area contributed by atoms with Crippen LogP contribution in [-0.4, -0.2) is 75.1 Å². The molecule has 0 spiro atoms. The lowest BCUT2D eigenvalue weighted by Gasteiger charge is -2.40. The normalized spacial score (nSPS) is 16.7. The third-order valence-corrected chi connectivity index (χ3v) is 14.8. The van der Waals surface area contributed by atoms with E-state index >= 15 is 0 Å². The zero-order valence-electron chi connectivity index (χ0n) is 41.5. The number of nitrogens with zero attached hydrogens (tertiary/aromatic N) is 5. The summed E-state index contributed by atoms with van der Waals surface area (Å²) in [7, 11) is 0. The first kappa shape index (κ1) is 50.0. The molecule has 2 saturated heterocycles. The van der Waals surface area contributed by atoms with Crippen molar-refractivity contribution in [3.05, 3.63) is 114 Å². The molecule has 0 amide bonds. The number of hydrogen-bond donors (Lipinski definition) is 3. The molecule has 2 aromatic heterocycles. The average molecular weight is 897 g/mol. The molecular weight excluding hydrogens is 817 g/mol. The lowest BCUT2D eigenvalue weighted by molar-refractivity contribution is 0.184. The molecule has 0 saturated carbocycles. The molecule has 8 nitrogen and oxygen atoms in total. The average Bonchev–Trinajstić information content (AvgIpc) is 3.80. The van der Waals surface area contributed by atoms with Gasteiger partial charge in [-0.3, -0.25) is 9.71 Å². The van der Waals surface area contributed by atoms with Crippen molar-refractivity contribution in [2.45, 2.75) is 132 Å². The van der Waals surface area contributed by atoms with E-state index in [0.717, 1.165) is 108 Å². The lowest BCUT2D eigenvalue weighted by atomic mass is 9.80. The number of aryl methyl sites for hydroxylation is 3. The largest absolute Gasteiger partial charge is 0.378 e. The van der Waals surface area contributed by atoms with Gasteiger partial charge in [0.05, 0.1) is 17.8 Å². The van der Waals surface area contributed by atoms with Gasteiger partial charge in [-0.2, -0.15) is 0 Å². The first-order chi connectivity index (χ1) is 31.2. The van der Waals surface area contributed by atoms with Crippen LogP contribution in [0.5, 0.6) is 0 Å². The van der Waals surface area contributed by atoms with E-state index in [-0.39, 0.29) is 17.5 Å². The van der Waals surface area contributed by atoms with E-state index in [9.17, 15) is 0 Å². The SMILES string of the molecule is C#CCCC(C)(C)Cc1c(-c2cccnc2CC)n(CC)c2ccc(-c3cc(C)cc(CC(NC(=C)C(C(C)C)N4CCC(CN(CC)SNCC)C4=C)C(=C)N4CCCCN4)c3)cc12. The number of benzene rings is 2. The van der Waals surface area contributed by atoms with Gasteiger partial charge in [-0.05, 0) is 117 Å². The van der Waals surface area contributed by atoms with Crippen molar-refractivity contribution in [2.75, 3.05) is 39.3 Å². The van der Waals surface area contributed by atoms with Gasteiger partial charge in [0.2, 0.25) is 0 Å². The van der Waals surface area contributed by atoms with Crippen molar-refractivity contribution < 1.29 is 0 Å². The Hall–Kier alpha value is -4.46. The Bertz CT molecular complexity index is 2310. The van der Waals surface area contributed by atoms with Crippen molar-refractivity contribution in [3.8, 4) is 34.7 Å². The van der Waals surface area contributed by atoms with Crippen molar-refractivity contribution in [1.29, 1.82) is 0 Å². The number of fused-ring (bicyclic) bond motifs is 1. The van der Waals surface area contributed by atoms with Crippen LogP contribution in [0.1, 0.15) is 110 Å². The quantitative estimate of drug-likeness (QED) is 0.0503. The zero-order chi connectivity index (χ0) is 46.8. The summed E-state index contributed by atoms with van der Waals surface area (Å²) < 4.78 is 8.37. The van der Waals surface area contributed by atoms with Gasteiger partial charge in [-0.1, -0.05) is 98.0 Å². The van der Waals surface area contributed by atoms with Gasteiger partial charge in [0.1, 0.15) is 0 Å². The van der Waals surface area contributed by atoms with Crippen LogP contribution >= 0.6 is 12.1 Å². The molecular formula is C56H80N8S. The lowest BCUT2D eigenvalue weighted by Crippen LogP contribution is -2.50. The molecule has 0 radical (unpaired) electrons. The van der Waals surface area contributed by atoms with E-state index in [2.05, 4.69) is 151 Å². The molecule has 9 heteroatoms. The Balaban J connectivity index is 1.35. The topological polar surface area (TPSA) is 63.6 Å². The Kier molecular flexibility index (Phi) is 17.5. The van der Waals surface area contributed by atoms with Crippen LogP contribution in [-0.2, 0) is 25.8 Å². The number of pyridine rings is 1. The second-order valence-corrected chi connectivity index (χ2v) is 20.5. The molecule has 0 bridgehead atoms. The Morgan fingerprint density at radius 1 is 1.06 bits per heavy atom. The summed E-state index contributed by atoms with van der Waals surface area (Å²) in [5.41, 5.74) is 18.3. The van der Waals surface area contributed by atoms with Gasteiger partial charge in [0.15, 0.2) is 0 Å². The second-order valence-electron chi connectivity index (χ2n) is 19.5. The molecule has 350 valence electrons. The fraction of sp³-hybridized carbons (Fsp3) is 0.518. The summed E-state index contributed by atoms with van der Waals surface area (Å²) in [5, 5.41) is 7.61. The summed E-state index contributed by atoms with van der Waals surface area (Å²) in [6.07, 6.45) is 15.5. The Labute approximate surface area is 398 Å². The highest BCUT2D eigenvalue weighted by Gasteiger charge is 2.36.